The molecule has 0 spiro atoms. The zero-order valence-electron chi connectivity index (χ0n) is 10.9. The van der Waals surface area contributed by atoms with Crippen LogP contribution in [0, 0.1) is 0 Å². The number of halogens is 1. The molecule has 0 saturated heterocycles. The summed E-state index contributed by atoms with van der Waals surface area (Å²) < 4.78 is 0. The van der Waals surface area contributed by atoms with Crippen molar-refractivity contribution in [2.45, 2.75) is 19.5 Å². The minimum atomic E-state index is -0.129. The molecule has 0 fully saturated rings. The fourth-order valence-electron chi connectivity index (χ4n) is 1.82. The number of nitrogens with one attached hydrogen (secondary N) is 2. The van der Waals surface area contributed by atoms with Crippen molar-refractivity contribution in [3.8, 4) is 0 Å². The van der Waals surface area contributed by atoms with Crippen molar-refractivity contribution in [1.29, 1.82) is 0 Å². The Labute approximate surface area is 121 Å². The van der Waals surface area contributed by atoms with Crippen molar-refractivity contribution >= 4 is 34.3 Å². The largest absolute Gasteiger partial charge is 0.309 e. The van der Waals surface area contributed by atoms with E-state index < -0.39 is 0 Å². The fourth-order valence-corrected chi connectivity index (χ4v) is 2.61. The molecule has 1 aromatic heterocycles. The van der Waals surface area contributed by atoms with Crippen molar-refractivity contribution < 1.29 is 0 Å². The molecule has 1 atom stereocenters. The van der Waals surface area contributed by atoms with Gasteiger partial charge in [-0.2, -0.15) is 11.8 Å². The molecule has 0 amide bonds. The summed E-state index contributed by atoms with van der Waals surface area (Å²) in [6, 6.07) is 5.47. The summed E-state index contributed by atoms with van der Waals surface area (Å²) in [6.07, 6.45) is 2.07. The van der Waals surface area contributed by atoms with Gasteiger partial charge in [-0.25, -0.2) is 4.98 Å². The lowest BCUT2D eigenvalue weighted by Crippen LogP contribution is -2.29. The molecule has 0 bridgehead atoms. The van der Waals surface area contributed by atoms with Crippen molar-refractivity contribution in [3.05, 3.63) is 39.4 Å². The van der Waals surface area contributed by atoms with Crippen molar-refractivity contribution in [1.82, 2.24) is 15.3 Å². The molecule has 1 heterocycles. The summed E-state index contributed by atoms with van der Waals surface area (Å²) in [7, 11) is 0. The molecule has 4 nitrogen and oxygen atoms in total. The van der Waals surface area contributed by atoms with Gasteiger partial charge in [-0.3, -0.25) is 4.79 Å². The molecular weight excluding hydrogens is 282 g/mol. The van der Waals surface area contributed by atoms with Crippen molar-refractivity contribution in [2.75, 3.05) is 12.0 Å². The SMILES string of the molecule is CSCC(C)NCc1nc2cc(Cl)ccc2c(=O)[nH]1. The van der Waals surface area contributed by atoms with Crippen LogP contribution in [0.1, 0.15) is 12.7 Å². The van der Waals surface area contributed by atoms with E-state index in [1.165, 1.54) is 0 Å². The van der Waals surface area contributed by atoms with Crippen molar-refractivity contribution in [2.24, 2.45) is 0 Å². The Kier molecular flexibility index (Phi) is 4.85. The Morgan fingerprint density at radius 2 is 2.32 bits per heavy atom. The average molecular weight is 298 g/mol. The molecule has 19 heavy (non-hydrogen) atoms. The quantitative estimate of drug-likeness (QED) is 0.890. The second-order valence-corrected chi connectivity index (χ2v) is 5.76. The summed E-state index contributed by atoms with van der Waals surface area (Å²) in [6.45, 7) is 2.64. The van der Waals surface area contributed by atoms with Gasteiger partial charge >= 0.3 is 0 Å². The molecule has 0 aliphatic carbocycles. The zero-order valence-corrected chi connectivity index (χ0v) is 12.4. The molecule has 0 saturated carbocycles. The second-order valence-electron chi connectivity index (χ2n) is 4.41. The third-order valence-corrected chi connectivity index (χ3v) is 3.82. The summed E-state index contributed by atoms with van der Waals surface area (Å²) in [5.41, 5.74) is 0.501. The van der Waals surface area contributed by atoms with E-state index in [1.807, 2.05) is 0 Å². The number of hydrogen-bond acceptors (Lipinski definition) is 4. The topological polar surface area (TPSA) is 57.8 Å². The number of H-pyrrole nitrogens is 1. The minimum absolute atomic E-state index is 0.129. The van der Waals surface area contributed by atoms with Gasteiger partial charge in [-0.1, -0.05) is 11.6 Å². The second kappa shape index (κ2) is 6.41. The fraction of sp³-hybridized carbons (Fsp3) is 0.385. The van der Waals surface area contributed by atoms with Gasteiger partial charge in [0.15, 0.2) is 0 Å². The molecule has 0 radical (unpaired) electrons. The first-order chi connectivity index (χ1) is 9.10. The highest BCUT2D eigenvalue weighted by molar-refractivity contribution is 7.98. The molecule has 6 heteroatoms. The number of benzene rings is 1. The summed E-state index contributed by atoms with van der Waals surface area (Å²) in [5.74, 6) is 1.65. The number of thioether (sulfide) groups is 1. The van der Waals surface area contributed by atoms with Crippen LogP contribution in [0.15, 0.2) is 23.0 Å². The van der Waals surface area contributed by atoms with Gasteiger partial charge in [-0.05, 0) is 31.4 Å². The Morgan fingerprint density at radius 3 is 3.05 bits per heavy atom. The van der Waals surface area contributed by atoms with E-state index in [0.717, 1.165) is 5.75 Å². The van der Waals surface area contributed by atoms with Crippen LogP contribution in [0.3, 0.4) is 0 Å². The van der Waals surface area contributed by atoms with Crippen LogP contribution >= 0.6 is 23.4 Å². The Balaban J connectivity index is 2.23. The monoisotopic (exact) mass is 297 g/mol. The standard InChI is InChI=1S/C13H16ClN3OS/c1-8(7-19-2)15-6-12-16-11-5-9(14)3-4-10(11)13(18)17-12/h3-5,8,15H,6-7H2,1-2H3,(H,16,17,18). The lowest BCUT2D eigenvalue weighted by molar-refractivity contribution is 0.579. The summed E-state index contributed by atoms with van der Waals surface area (Å²) >= 11 is 7.70. The first-order valence-corrected chi connectivity index (χ1v) is 7.78. The smallest absolute Gasteiger partial charge is 0.258 e. The van der Waals surface area contributed by atoms with Crippen LogP contribution in [-0.4, -0.2) is 28.0 Å². The predicted molar refractivity (Wildman–Crippen MR) is 82.1 cm³/mol. The average Bonchev–Trinajstić information content (AvgIpc) is 2.36. The molecule has 0 aliphatic heterocycles. The first kappa shape index (κ1) is 14.4. The Bertz CT molecular complexity index is 629. The molecule has 2 N–H and O–H groups in total. The van der Waals surface area contributed by atoms with E-state index in [1.54, 1.807) is 30.0 Å². The van der Waals surface area contributed by atoms with Gasteiger partial charge < -0.3 is 10.3 Å². The van der Waals surface area contributed by atoms with E-state index in [0.29, 0.717) is 34.3 Å². The predicted octanol–water partition coefficient (Wildman–Crippen LogP) is 2.42. The van der Waals surface area contributed by atoms with E-state index in [2.05, 4.69) is 28.5 Å². The maximum absolute atomic E-state index is 11.9. The van der Waals surface area contributed by atoms with Crippen molar-refractivity contribution in [3.63, 3.8) is 0 Å². The van der Waals surface area contributed by atoms with E-state index in [9.17, 15) is 4.79 Å². The molecule has 2 rings (SSSR count). The number of aromatic nitrogens is 2. The number of hydrogen-bond donors (Lipinski definition) is 2. The third-order valence-electron chi connectivity index (χ3n) is 2.75. The van der Waals surface area contributed by atoms with Crippen LogP contribution in [0.4, 0.5) is 0 Å². The maximum Gasteiger partial charge on any atom is 0.258 e. The Morgan fingerprint density at radius 1 is 1.53 bits per heavy atom. The summed E-state index contributed by atoms with van der Waals surface area (Å²) in [4.78, 5) is 19.1. The van der Waals surface area contributed by atoms with Crippen LogP contribution in [0.25, 0.3) is 10.9 Å². The Hall–Kier alpha value is -1.04. The lowest BCUT2D eigenvalue weighted by Gasteiger charge is -2.11. The molecule has 0 aliphatic rings. The van der Waals surface area contributed by atoms with E-state index >= 15 is 0 Å². The van der Waals surface area contributed by atoms with E-state index in [4.69, 9.17) is 11.6 Å². The molecular formula is C13H16ClN3OS. The number of nitrogens with zero attached hydrogens (tertiary/aromatic N) is 1. The molecule has 1 aromatic carbocycles. The highest BCUT2D eigenvalue weighted by Gasteiger charge is 2.06. The normalized spacial score (nSPS) is 12.8. The molecule has 1 unspecified atom stereocenters. The van der Waals surface area contributed by atoms with Gasteiger partial charge in [-0.15, -0.1) is 0 Å². The minimum Gasteiger partial charge on any atom is -0.309 e. The molecule has 102 valence electrons. The number of rotatable bonds is 5. The summed E-state index contributed by atoms with van der Waals surface area (Å²) in [5, 5.41) is 4.46. The van der Waals surface area contributed by atoms with Gasteiger partial charge in [0, 0.05) is 16.8 Å². The van der Waals surface area contributed by atoms with Gasteiger partial charge in [0.05, 0.1) is 17.4 Å². The highest BCUT2D eigenvalue weighted by Crippen LogP contribution is 2.14. The van der Waals surface area contributed by atoms with Crippen LogP contribution < -0.4 is 10.9 Å². The first-order valence-electron chi connectivity index (χ1n) is 6.01. The lowest BCUT2D eigenvalue weighted by atomic mass is 10.2. The maximum atomic E-state index is 11.9. The number of aromatic amines is 1. The van der Waals surface area contributed by atoms with E-state index in [-0.39, 0.29) is 5.56 Å². The molecule has 2 aromatic rings. The zero-order chi connectivity index (χ0) is 13.8. The number of fused-ring (bicyclic) bond motifs is 1. The highest BCUT2D eigenvalue weighted by atomic mass is 35.5. The van der Waals surface area contributed by atoms with Crippen LogP contribution in [0.2, 0.25) is 5.02 Å². The van der Waals surface area contributed by atoms with Crippen LogP contribution in [-0.2, 0) is 6.54 Å². The van der Waals surface area contributed by atoms with Gasteiger partial charge in [0.1, 0.15) is 5.82 Å². The van der Waals surface area contributed by atoms with Gasteiger partial charge in [0.2, 0.25) is 0 Å². The third kappa shape index (κ3) is 3.72. The van der Waals surface area contributed by atoms with Crippen LogP contribution in [0.5, 0.6) is 0 Å². The van der Waals surface area contributed by atoms with Gasteiger partial charge in [0.25, 0.3) is 5.56 Å².